The average molecular weight is 451 g/mol. The molecule has 1 aliphatic heterocycles. The Morgan fingerprint density at radius 2 is 1.84 bits per heavy atom. The number of hydrogen-bond donors (Lipinski definition) is 3. The van der Waals surface area contributed by atoms with E-state index < -0.39 is 15.9 Å². The van der Waals surface area contributed by atoms with E-state index in [0.29, 0.717) is 31.6 Å². The monoisotopic (exact) mass is 450 g/mol. The van der Waals surface area contributed by atoms with Gasteiger partial charge < -0.3 is 16.8 Å². The number of carbonyl (C=O) groups is 1. The number of sulfonamides is 1. The second-order valence-electron chi connectivity index (χ2n) is 7.93. The molecule has 0 spiro atoms. The fourth-order valence-electron chi connectivity index (χ4n) is 4.05. The number of fused-ring (bicyclic) bond motifs is 1. The van der Waals surface area contributed by atoms with Crippen molar-refractivity contribution >= 4 is 27.3 Å². The van der Waals surface area contributed by atoms with E-state index in [1.54, 1.807) is 12.1 Å². The third-order valence-electron chi connectivity index (χ3n) is 5.79. The standard InChI is InChI=1S/C24H26N4O3S/c1-32(30,31)28-12-11-21-19(15-28)3-2-4-23(21)27-20-10-9-18(14-25)22(13-20)16-5-7-17(8-6-16)24(26)29/h2-10,13,27H,11-12,14-15,25H2,1H3,(H2,26,29). The molecule has 4 rings (SSSR count). The van der Waals surface area contributed by atoms with Gasteiger partial charge in [0.1, 0.15) is 0 Å². The SMILES string of the molecule is CS(=O)(=O)N1CCc2c(cccc2Nc2ccc(CN)c(-c3ccc(C(N)=O)cc3)c2)C1. The molecule has 1 heterocycles. The Morgan fingerprint density at radius 3 is 2.50 bits per heavy atom. The van der Waals surface area contributed by atoms with Gasteiger partial charge in [-0.3, -0.25) is 4.79 Å². The fraction of sp³-hybridized carbons (Fsp3) is 0.208. The molecule has 0 atom stereocenters. The molecule has 0 aromatic heterocycles. The number of anilines is 2. The van der Waals surface area contributed by atoms with Crippen molar-refractivity contribution in [2.45, 2.75) is 19.5 Å². The van der Waals surface area contributed by atoms with Crippen LogP contribution in [0.1, 0.15) is 27.0 Å². The van der Waals surface area contributed by atoms with Gasteiger partial charge in [0.15, 0.2) is 0 Å². The normalized spacial score (nSPS) is 14.1. The molecule has 0 aliphatic carbocycles. The molecular formula is C24H26N4O3S. The third-order valence-corrected chi connectivity index (χ3v) is 7.04. The number of primary amides is 1. The first-order valence-electron chi connectivity index (χ1n) is 10.3. The molecule has 0 fully saturated rings. The molecule has 166 valence electrons. The van der Waals surface area contributed by atoms with E-state index in [0.717, 1.165) is 39.2 Å². The van der Waals surface area contributed by atoms with Crippen LogP contribution in [-0.4, -0.2) is 31.4 Å². The number of nitrogens with two attached hydrogens (primary N) is 2. The van der Waals surface area contributed by atoms with E-state index in [1.165, 1.54) is 10.6 Å². The van der Waals surface area contributed by atoms with Crippen LogP contribution in [0.3, 0.4) is 0 Å². The number of carbonyl (C=O) groups excluding carboxylic acids is 1. The number of nitrogens with zero attached hydrogens (tertiary/aromatic N) is 1. The number of hydrogen-bond acceptors (Lipinski definition) is 5. The Kier molecular flexibility index (Phi) is 6.01. The van der Waals surface area contributed by atoms with Gasteiger partial charge in [-0.05, 0) is 64.6 Å². The molecule has 0 unspecified atom stereocenters. The zero-order valence-corrected chi connectivity index (χ0v) is 18.7. The highest BCUT2D eigenvalue weighted by atomic mass is 32.2. The Hall–Kier alpha value is -3.20. The summed E-state index contributed by atoms with van der Waals surface area (Å²) in [7, 11) is -3.22. The summed E-state index contributed by atoms with van der Waals surface area (Å²) in [6, 6.07) is 19.1. The van der Waals surface area contributed by atoms with Crippen molar-refractivity contribution in [1.82, 2.24) is 4.31 Å². The fourth-order valence-corrected chi connectivity index (χ4v) is 4.85. The summed E-state index contributed by atoms with van der Waals surface area (Å²) < 4.78 is 25.4. The Morgan fingerprint density at radius 1 is 1.09 bits per heavy atom. The second kappa shape index (κ2) is 8.74. The van der Waals surface area contributed by atoms with Crippen molar-refractivity contribution in [2.75, 3.05) is 18.1 Å². The molecule has 0 saturated heterocycles. The largest absolute Gasteiger partial charge is 0.366 e. The predicted octanol–water partition coefficient (Wildman–Crippen LogP) is 2.97. The minimum Gasteiger partial charge on any atom is -0.366 e. The summed E-state index contributed by atoms with van der Waals surface area (Å²) >= 11 is 0. The maximum atomic E-state index is 11.9. The average Bonchev–Trinajstić information content (AvgIpc) is 2.78. The first-order valence-corrected chi connectivity index (χ1v) is 12.2. The van der Waals surface area contributed by atoms with Crippen molar-refractivity contribution in [3.63, 3.8) is 0 Å². The summed E-state index contributed by atoms with van der Waals surface area (Å²) in [6.45, 7) is 1.23. The second-order valence-corrected chi connectivity index (χ2v) is 9.91. The van der Waals surface area contributed by atoms with Crippen LogP contribution in [0, 0.1) is 0 Å². The topological polar surface area (TPSA) is 119 Å². The van der Waals surface area contributed by atoms with Crippen molar-refractivity contribution in [2.24, 2.45) is 11.5 Å². The molecule has 5 N–H and O–H groups in total. The minimum atomic E-state index is -3.22. The van der Waals surface area contributed by atoms with Gasteiger partial charge in [0.2, 0.25) is 15.9 Å². The van der Waals surface area contributed by atoms with Gasteiger partial charge in [-0.2, -0.15) is 4.31 Å². The molecule has 7 nitrogen and oxygen atoms in total. The predicted molar refractivity (Wildman–Crippen MR) is 127 cm³/mol. The van der Waals surface area contributed by atoms with Gasteiger partial charge in [-0.25, -0.2) is 8.42 Å². The molecule has 1 amide bonds. The molecular weight excluding hydrogens is 424 g/mol. The van der Waals surface area contributed by atoms with Crippen LogP contribution < -0.4 is 16.8 Å². The van der Waals surface area contributed by atoms with Gasteiger partial charge in [-0.1, -0.05) is 30.3 Å². The summed E-state index contributed by atoms with van der Waals surface area (Å²) in [5.41, 5.74) is 18.7. The Bertz CT molecular complexity index is 1270. The quantitative estimate of drug-likeness (QED) is 0.534. The Labute approximate surface area is 188 Å². The lowest BCUT2D eigenvalue weighted by atomic mass is 9.96. The van der Waals surface area contributed by atoms with Gasteiger partial charge in [0, 0.05) is 36.6 Å². The molecule has 8 heteroatoms. The van der Waals surface area contributed by atoms with Crippen LogP contribution in [0.25, 0.3) is 11.1 Å². The van der Waals surface area contributed by atoms with E-state index in [1.807, 2.05) is 48.5 Å². The van der Waals surface area contributed by atoms with Crippen LogP contribution in [0.15, 0.2) is 60.7 Å². The van der Waals surface area contributed by atoms with Crippen molar-refractivity contribution in [3.05, 3.63) is 82.9 Å². The van der Waals surface area contributed by atoms with Crippen molar-refractivity contribution < 1.29 is 13.2 Å². The van der Waals surface area contributed by atoms with Gasteiger partial charge in [0.05, 0.1) is 6.26 Å². The molecule has 0 bridgehead atoms. The van der Waals surface area contributed by atoms with Crippen molar-refractivity contribution in [1.29, 1.82) is 0 Å². The van der Waals surface area contributed by atoms with E-state index in [2.05, 4.69) is 5.32 Å². The van der Waals surface area contributed by atoms with Crippen LogP contribution in [0.5, 0.6) is 0 Å². The highest BCUT2D eigenvalue weighted by Crippen LogP contribution is 2.32. The number of rotatable bonds is 6. The molecule has 3 aromatic carbocycles. The summed E-state index contributed by atoms with van der Waals surface area (Å²) in [5, 5.41) is 3.49. The Balaban J connectivity index is 1.65. The third kappa shape index (κ3) is 4.52. The molecule has 3 aromatic rings. The lowest BCUT2D eigenvalue weighted by Crippen LogP contribution is -2.35. The van der Waals surface area contributed by atoms with E-state index in [9.17, 15) is 13.2 Å². The number of amides is 1. The van der Waals surface area contributed by atoms with Crippen LogP contribution in [0.2, 0.25) is 0 Å². The molecule has 1 aliphatic rings. The first kappa shape index (κ1) is 22.0. The number of benzene rings is 3. The minimum absolute atomic E-state index is 0.382. The van der Waals surface area contributed by atoms with E-state index in [4.69, 9.17) is 11.5 Å². The zero-order valence-electron chi connectivity index (χ0n) is 17.8. The van der Waals surface area contributed by atoms with Gasteiger partial charge >= 0.3 is 0 Å². The van der Waals surface area contributed by atoms with Crippen LogP contribution in [0.4, 0.5) is 11.4 Å². The van der Waals surface area contributed by atoms with Crippen LogP contribution >= 0.6 is 0 Å². The van der Waals surface area contributed by atoms with Crippen LogP contribution in [-0.2, 0) is 29.5 Å². The highest BCUT2D eigenvalue weighted by molar-refractivity contribution is 7.88. The maximum Gasteiger partial charge on any atom is 0.248 e. The molecule has 0 radical (unpaired) electrons. The summed E-state index contributed by atoms with van der Waals surface area (Å²) in [6.07, 6.45) is 1.89. The lowest BCUT2D eigenvalue weighted by molar-refractivity contribution is 0.100. The number of nitrogens with one attached hydrogen (secondary N) is 1. The maximum absolute atomic E-state index is 11.9. The summed E-state index contributed by atoms with van der Waals surface area (Å²) in [4.78, 5) is 11.4. The molecule has 0 saturated carbocycles. The summed E-state index contributed by atoms with van der Waals surface area (Å²) in [5.74, 6) is -0.464. The smallest absolute Gasteiger partial charge is 0.248 e. The lowest BCUT2D eigenvalue weighted by Gasteiger charge is -2.28. The van der Waals surface area contributed by atoms with Crippen molar-refractivity contribution in [3.8, 4) is 11.1 Å². The molecule has 32 heavy (non-hydrogen) atoms. The van der Waals surface area contributed by atoms with Gasteiger partial charge in [-0.15, -0.1) is 0 Å². The van der Waals surface area contributed by atoms with E-state index in [-0.39, 0.29) is 0 Å². The first-order chi connectivity index (χ1) is 15.3. The van der Waals surface area contributed by atoms with Gasteiger partial charge in [0.25, 0.3) is 0 Å². The van der Waals surface area contributed by atoms with E-state index >= 15 is 0 Å². The highest BCUT2D eigenvalue weighted by Gasteiger charge is 2.24. The zero-order chi connectivity index (χ0) is 22.9.